The molecule has 1 amide bonds. The van der Waals surface area contributed by atoms with Crippen molar-refractivity contribution in [1.82, 2.24) is 14.5 Å². The molecule has 1 N–H and O–H groups in total. The van der Waals surface area contributed by atoms with Crippen molar-refractivity contribution in [2.24, 2.45) is 0 Å². The number of sulfonamides is 1. The molecule has 2 aromatic rings. The van der Waals surface area contributed by atoms with Gasteiger partial charge in [-0.25, -0.2) is 13.1 Å². The van der Waals surface area contributed by atoms with E-state index in [0.717, 1.165) is 64.0 Å². The Morgan fingerprint density at radius 2 is 1.60 bits per heavy atom. The van der Waals surface area contributed by atoms with Crippen LogP contribution in [0.5, 0.6) is 0 Å². The average Bonchev–Trinajstić information content (AvgIpc) is 2.89. The summed E-state index contributed by atoms with van der Waals surface area (Å²) in [5.41, 5.74) is 2.19. The summed E-state index contributed by atoms with van der Waals surface area (Å²) in [6.07, 6.45) is 10.6. The van der Waals surface area contributed by atoms with Crippen molar-refractivity contribution in [2.75, 3.05) is 32.7 Å². The van der Waals surface area contributed by atoms with E-state index in [1.54, 1.807) is 12.1 Å². The summed E-state index contributed by atoms with van der Waals surface area (Å²) >= 11 is 0. The first-order valence-electron chi connectivity index (χ1n) is 12.8. The Hall–Kier alpha value is -2.48. The Bertz CT molecular complexity index is 1070. The second-order valence-electron chi connectivity index (χ2n) is 9.59. The van der Waals surface area contributed by atoms with E-state index >= 15 is 0 Å². The van der Waals surface area contributed by atoms with E-state index in [0.29, 0.717) is 17.7 Å². The lowest BCUT2D eigenvalue weighted by Gasteiger charge is -2.34. The van der Waals surface area contributed by atoms with Crippen LogP contribution in [0.1, 0.15) is 49.7 Å². The van der Waals surface area contributed by atoms with Gasteiger partial charge in [0.1, 0.15) is 0 Å². The largest absolute Gasteiger partial charge is 0.340 e. The minimum absolute atomic E-state index is 0.0476. The molecular formula is C28H37N3O3S. The third-order valence-corrected chi connectivity index (χ3v) is 8.52. The second kappa shape index (κ2) is 12.5. The molecule has 0 unspecified atom stereocenters. The summed E-state index contributed by atoms with van der Waals surface area (Å²) in [4.78, 5) is 17.3. The van der Waals surface area contributed by atoms with Crippen molar-refractivity contribution in [3.63, 3.8) is 0 Å². The van der Waals surface area contributed by atoms with E-state index < -0.39 is 10.0 Å². The number of hydrogen-bond acceptors (Lipinski definition) is 4. The van der Waals surface area contributed by atoms with Crippen molar-refractivity contribution >= 4 is 22.0 Å². The predicted molar refractivity (Wildman–Crippen MR) is 140 cm³/mol. The monoisotopic (exact) mass is 495 g/mol. The molecule has 0 radical (unpaired) electrons. The summed E-state index contributed by atoms with van der Waals surface area (Å²) in [6.45, 7) is 4.16. The molecule has 188 valence electrons. The molecule has 1 saturated heterocycles. The maximum atomic E-state index is 12.7. The number of aryl methyl sites for hydroxylation is 1. The van der Waals surface area contributed by atoms with Gasteiger partial charge in [0, 0.05) is 45.2 Å². The summed E-state index contributed by atoms with van der Waals surface area (Å²) in [5, 5.41) is 0. The quantitative estimate of drug-likeness (QED) is 0.569. The van der Waals surface area contributed by atoms with Gasteiger partial charge >= 0.3 is 0 Å². The van der Waals surface area contributed by atoms with E-state index in [4.69, 9.17) is 0 Å². The van der Waals surface area contributed by atoms with Crippen LogP contribution in [0.4, 0.5) is 0 Å². The second-order valence-corrected chi connectivity index (χ2v) is 11.3. The van der Waals surface area contributed by atoms with Crippen LogP contribution < -0.4 is 4.72 Å². The van der Waals surface area contributed by atoms with Crippen LogP contribution in [0.25, 0.3) is 6.08 Å². The zero-order valence-corrected chi connectivity index (χ0v) is 21.3. The Morgan fingerprint density at radius 3 is 2.29 bits per heavy atom. The molecule has 6 nitrogen and oxygen atoms in total. The molecule has 1 saturated carbocycles. The Balaban J connectivity index is 1.18. The number of carbonyl (C=O) groups is 1. The number of carbonyl (C=O) groups excluding carboxylic acids is 1. The van der Waals surface area contributed by atoms with Gasteiger partial charge in [0.25, 0.3) is 0 Å². The van der Waals surface area contributed by atoms with Gasteiger partial charge in [-0.3, -0.25) is 9.69 Å². The number of rotatable bonds is 9. The summed E-state index contributed by atoms with van der Waals surface area (Å²) < 4.78 is 28.2. The van der Waals surface area contributed by atoms with Crippen molar-refractivity contribution in [3.8, 4) is 0 Å². The van der Waals surface area contributed by atoms with Gasteiger partial charge in [0.2, 0.25) is 15.9 Å². The number of piperazine rings is 1. The molecule has 2 aromatic carbocycles. The highest BCUT2D eigenvalue weighted by molar-refractivity contribution is 7.89. The summed E-state index contributed by atoms with van der Waals surface area (Å²) in [5.74, 6) is 0.167. The van der Waals surface area contributed by atoms with Crippen molar-refractivity contribution in [1.29, 1.82) is 0 Å². The van der Waals surface area contributed by atoms with Crippen LogP contribution in [-0.4, -0.2) is 62.9 Å². The van der Waals surface area contributed by atoms with Gasteiger partial charge in [-0.05, 0) is 42.5 Å². The van der Waals surface area contributed by atoms with Gasteiger partial charge < -0.3 is 4.90 Å². The molecule has 0 aromatic heterocycles. The van der Waals surface area contributed by atoms with Gasteiger partial charge in [-0.2, -0.15) is 0 Å². The molecule has 7 heteroatoms. The molecule has 1 aliphatic carbocycles. The molecule has 1 heterocycles. The van der Waals surface area contributed by atoms with Gasteiger partial charge in [0.05, 0.1) is 4.90 Å². The first-order valence-corrected chi connectivity index (χ1v) is 14.3. The van der Waals surface area contributed by atoms with E-state index in [1.807, 2.05) is 35.2 Å². The first kappa shape index (κ1) is 25.6. The summed E-state index contributed by atoms with van der Waals surface area (Å²) in [7, 11) is -3.49. The standard InChI is InChI=1S/C28H37N3O3S/c32-28(31-22-20-30(21-23-31)19-7-10-24-8-3-1-4-9-24)18-15-25-13-16-27(17-14-25)35(33,34)29-26-11-5-2-6-12-26/h1,3-4,7-10,13-14,16-17,26,29H,2,5-6,11-12,15,18-23H2/b10-7+. The van der Waals surface area contributed by atoms with Crippen LogP contribution in [0.2, 0.25) is 0 Å². The smallest absolute Gasteiger partial charge is 0.240 e. The zero-order chi connectivity index (χ0) is 24.5. The Kier molecular flexibility index (Phi) is 9.12. The molecule has 0 atom stereocenters. The van der Waals surface area contributed by atoms with Crippen LogP contribution in [-0.2, 0) is 21.2 Å². The van der Waals surface area contributed by atoms with E-state index in [-0.39, 0.29) is 11.9 Å². The molecule has 2 fully saturated rings. The third kappa shape index (κ3) is 7.75. The first-order chi connectivity index (χ1) is 17.0. The number of hydrogen-bond donors (Lipinski definition) is 1. The minimum atomic E-state index is -3.49. The Morgan fingerprint density at radius 1 is 0.914 bits per heavy atom. The lowest BCUT2D eigenvalue weighted by molar-refractivity contribution is -0.132. The molecule has 0 bridgehead atoms. The molecule has 4 rings (SSSR count). The fourth-order valence-corrected chi connectivity index (χ4v) is 6.14. The highest BCUT2D eigenvalue weighted by Crippen LogP contribution is 2.20. The fourth-order valence-electron chi connectivity index (χ4n) is 4.83. The lowest BCUT2D eigenvalue weighted by atomic mass is 9.96. The number of nitrogens with one attached hydrogen (secondary N) is 1. The van der Waals surface area contributed by atoms with E-state index in [1.165, 1.54) is 12.0 Å². The van der Waals surface area contributed by atoms with Gasteiger partial charge in [-0.1, -0.05) is 73.9 Å². The van der Waals surface area contributed by atoms with Crippen molar-refractivity contribution < 1.29 is 13.2 Å². The van der Waals surface area contributed by atoms with Crippen LogP contribution in [0.15, 0.2) is 65.6 Å². The zero-order valence-electron chi connectivity index (χ0n) is 20.4. The normalized spacial score (nSPS) is 18.2. The topological polar surface area (TPSA) is 69.7 Å². The minimum Gasteiger partial charge on any atom is -0.340 e. The molecule has 35 heavy (non-hydrogen) atoms. The molecular weight excluding hydrogens is 458 g/mol. The average molecular weight is 496 g/mol. The molecule has 2 aliphatic rings. The maximum absolute atomic E-state index is 12.7. The fraction of sp³-hybridized carbons (Fsp3) is 0.464. The van der Waals surface area contributed by atoms with Crippen molar-refractivity contribution in [3.05, 3.63) is 71.8 Å². The number of amides is 1. The Labute approximate surface area is 210 Å². The predicted octanol–water partition coefficient (Wildman–Crippen LogP) is 4.09. The molecule has 1 aliphatic heterocycles. The van der Waals surface area contributed by atoms with Crippen LogP contribution in [0.3, 0.4) is 0 Å². The SMILES string of the molecule is O=C(CCc1ccc(S(=O)(=O)NC2CCCCC2)cc1)N1CCN(C/C=C/c2ccccc2)CC1. The molecule has 0 spiro atoms. The highest BCUT2D eigenvalue weighted by Gasteiger charge is 2.22. The van der Waals surface area contributed by atoms with Crippen molar-refractivity contribution in [2.45, 2.75) is 55.9 Å². The van der Waals surface area contributed by atoms with E-state index in [2.05, 4.69) is 33.9 Å². The maximum Gasteiger partial charge on any atom is 0.240 e. The van der Waals surface area contributed by atoms with Gasteiger partial charge in [0.15, 0.2) is 0 Å². The van der Waals surface area contributed by atoms with Crippen LogP contribution >= 0.6 is 0 Å². The van der Waals surface area contributed by atoms with Crippen LogP contribution in [0, 0.1) is 0 Å². The highest BCUT2D eigenvalue weighted by atomic mass is 32.2. The number of benzene rings is 2. The third-order valence-electron chi connectivity index (χ3n) is 6.99. The van der Waals surface area contributed by atoms with E-state index in [9.17, 15) is 13.2 Å². The summed E-state index contributed by atoms with van der Waals surface area (Å²) in [6, 6.07) is 17.3. The van der Waals surface area contributed by atoms with Gasteiger partial charge in [-0.15, -0.1) is 0 Å². The number of nitrogens with zero attached hydrogens (tertiary/aromatic N) is 2. The lowest BCUT2D eigenvalue weighted by Crippen LogP contribution is -2.48.